The maximum Gasteiger partial charge on any atom is 0.344 e. The van der Waals surface area contributed by atoms with Gasteiger partial charge in [-0.15, -0.1) is 0 Å². The molecule has 2 aromatic carbocycles. The Morgan fingerprint density at radius 2 is 2.07 bits per heavy atom. The number of carbonyl (C=O) groups is 1. The van der Waals surface area contributed by atoms with Crippen molar-refractivity contribution in [2.24, 2.45) is 0 Å². The van der Waals surface area contributed by atoms with Gasteiger partial charge in [-0.2, -0.15) is 4.98 Å². The van der Waals surface area contributed by atoms with Crippen LogP contribution in [0.4, 0.5) is 5.69 Å². The monoisotopic (exact) mass is 399 g/mol. The van der Waals surface area contributed by atoms with Gasteiger partial charge in [-0.25, -0.2) is 4.79 Å². The first-order valence-corrected chi connectivity index (χ1v) is 8.46. The van der Waals surface area contributed by atoms with Gasteiger partial charge in [-0.3, -0.25) is 10.1 Å². The van der Waals surface area contributed by atoms with Crippen LogP contribution in [0, 0.1) is 17.0 Å². The molecule has 0 amide bonds. The number of aromatic nitrogens is 2. The predicted octanol–water partition coefficient (Wildman–Crippen LogP) is 3.08. The SMILES string of the molecule is COc1cc(OCC(=O)OCc2nc(-c3cccc(C)c3)no2)ccc1[N+](=O)[O-]. The molecule has 150 valence electrons. The van der Waals surface area contributed by atoms with Crippen molar-refractivity contribution in [3.05, 3.63) is 64.0 Å². The van der Waals surface area contributed by atoms with Crippen molar-refractivity contribution in [1.29, 1.82) is 0 Å². The number of nitro benzene ring substituents is 1. The Bertz CT molecular complexity index is 1030. The van der Waals surface area contributed by atoms with Gasteiger partial charge in [-0.1, -0.05) is 28.9 Å². The number of nitrogens with zero attached hydrogens (tertiary/aromatic N) is 3. The number of rotatable bonds is 8. The third-order valence-corrected chi connectivity index (χ3v) is 3.81. The number of hydrogen-bond acceptors (Lipinski definition) is 9. The van der Waals surface area contributed by atoms with Gasteiger partial charge >= 0.3 is 11.7 Å². The van der Waals surface area contributed by atoms with Crippen LogP contribution in [0.25, 0.3) is 11.4 Å². The summed E-state index contributed by atoms with van der Waals surface area (Å²) in [7, 11) is 1.30. The van der Waals surface area contributed by atoms with Crippen LogP contribution in [0.3, 0.4) is 0 Å². The van der Waals surface area contributed by atoms with E-state index in [0.717, 1.165) is 11.1 Å². The van der Waals surface area contributed by atoms with E-state index in [1.54, 1.807) is 0 Å². The summed E-state index contributed by atoms with van der Waals surface area (Å²) in [6.45, 7) is 1.34. The Balaban J connectivity index is 1.52. The average Bonchev–Trinajstić information content (AvgIpc) is 3.19. The minimum atomic E-state index is -0.669. The fourth-order valence-corrected chi connectivity index (χ4v) is 2.44. The molecule has 0 saturated heterocycles. The molecule has 29 heavy (non-hydrogen) atoms. The first kappa shape index (κ1) is 19.8. The molecule has 10 heteroatoms. The molecule has 3 aromatic rings. The molecule has 0 bridgehead atoms. The molecule has 0 radical (unpaired) electrons. The van der Waals surface area contributed by atoms with E-state index in [1.165, 1.54) is 25.3 Å². The van der Waals surface area contributed by atoms with Crippen LogP contribution in [-0.4, -0.2) is 34.7 Å². The van der Waals surface area contributed by atoms with Crippen molar-refractivity contribution >= 4 is 11.7 Å². The largest absolute Gasteiger partial charge is 0.490 e. The van der Waals surface area contributed by atoms with Gasteiger partial charge in [0.1, 0.15) is 5.75 Å². The van der Waals surface area contributed by atoms with Crippen LogP contribution >= 0.6 is 0 Å². The zero-order valence-electron chi connectivity index (χ0n) is 15.7. The Hall–Kier alpha value is -3.95. The maximum atomic E-state index is 11.9. The Labute approximate surface area is 165 Å². The molecular weight excluding hydrogens is 382 g/mol. The quantitative estimate of drug-likeness (QED) is 0.319. The molecule has 1 aromatic heterocycles. The zero-order valence-corrected chi connectivity index (χ0v) is 15.7. The van der Waals surface area contributed by atoms with Gasteiger partial charge in [0.15, 0.2) is 13.2 Å². The van der Waals surface area contributed by atoms with Gasteiger partial charge < -0.3 is 18.7 Å². The minimum Gasteiger partial charge on any atom is -0.490 e. The molecule has 0 aliphatic heterocycles. The van der Waals surface area contributed by atoms with Crippen LogP contribution in [0.15, 0.2) is 47.0 Å². The molecule has 1 heterocycles. The standard InChI is InChI=1S/C19H17N3O7/c1-12-4-3-5-13(8-12)19-20-17(29-21-19)10-28-18(23)11-27-14-6-7-15(22(24)25)16(9-14)26-2/h3-9H,10-11H2,1-2H3. The fourth-order valence-electron chi connectivity index (χ4n) is 2.44. The predicted molar refractivity (Wildman–Crippen MR) is 99.4 cm³/mol. The van der Waals surface area contributed by atoms with Gasteiger partial charge in [0.25, 0.3) is 5.89 Å². The molecule has 0 aliphatic carbocycles. The summed E-state index contributed by atoms with van der Waals surface area (Å²) in [6, 6.07) is 11.5. The number of carbonyl (C=O) groups excluding carboxylic acids is 1. The number of hydrogen-bond donors (Lipinski definition) is 0. The highest BCUT2D eigenvalue weighted by Gasteiger charge is 2.16. The highest BCUT2D eigenvalue weighted by Crippen LogP contribution is 2.30. The van der Waals surface area contributed by atoms with Crippen molar-refractivity contribution in [3.8, 4) is 22.9 Å². The second kappa shape index (κ2) is 8.83. The van der Waals surface area contributed by atoms with E-state index in [-0.39, 0.29) is 29.7 Å². The van der Waals surface area contributed by atoms with Crippen molar-refractivity contribution in [2.75, 3.05) is 13.7 Å². The summed E-state index contributed by atoms with van der Waals surface area (Å²) < 4.78 is 20.3. The first-order valence-electron chi connectivity index (χ1n) is 8.46. The summed E-state index contributed by atoms with van der Waals surface area (Å²) in [5, 5.41) is 14.7. The number of benzene rings is 2. The van der Waals surface area contributed by atoms with E-state index in [1.807, 2.05) is 31.2 Å². The van der Waals surface area contributed by atoms with Crippen molar-refractivity contribution in [3.63, 3.8) is 0 Å². The third-order valence-electron chi connectivity index (χ3n) is 3.81. The highest BCUT2D eigenvalue weighted by molar-refractivity contribution is 5.71. The summed E-state index contributed by atoms with van der Waals surface area (Å²) in [5.41, 5.74) is 1.64. The Morgan fingerprint density at radius 3 is 2.79 bits per heavy atom. The molecular formula is C19H17N3O7. The normalized spacial score (nSPS) is 10.4. The average molecular weight is 399 g/mol. The van der Waals surface area contributed by atoms with Crippen LogP contribution in [0.1, 0.15) is 11.5 Å². The number of ether oxygens (including phenoxy) is 3. The van der Waals surface area contributed by atoms with Crippen molar-refractivity contribution < 1.29 is 28.5 Å². The van der Waals surface area contributed by atoms with Gasteiger partial charge in [-0.05, 0) is 19.1 Å². The minimum absolute atomic E-state index is 0.0235. The molecule has 0 aliphatic rings. The number of methoxy groups -OCH3 is 1. The van der Waals surface area contributed by atoms with Gasteiger partial charge in [0, 0.05) is 17.7 Å². The fraction of sp³-hybridized carbons (Fsp3) is 0.211. The van der Waals surface area contributed by atoms with E-state index in [2.05, 4.69) is 10.1 Å². The molecule has 10 nitrogen and oxygen atoms in total. The second-order valence-electron chi connectivity index (χ2n) is 5.92. The van der Waals surface area contributed by atoms with Gasteiger partial charge in [0.2, 0.25) is 11.6 Å². The van der Waals surface area contributed by atoms with Crippen LogP contribution in [0.2, 0.25) is 0 Å². The molecule has 3 rings (SSSR count). The van der Waals surface area contributed by atoms with E-state index >= 15 is 0 Å². The second-order valence-corrected chi connectivity index (χ2v) is 5.92. The first-order chi connectivity index (χ1) is 14.0. The lowest BCUT2D eigenvalue weighted by molar-refractivity contribution is -0.385. The summed E-state index contributed by atoms with van der Waals surface area (Å²) in [6.07, 6.45) is 0. The maximum absolute atomic E-state index is 11.9. The molecule has 0 unspecified atom stereocenters. The molecule has 0 N–H and O–H groups in total. The number of esters is 1. The zero-order chi connectivity index (χ0) is 20.8. The van der Waals surface area contributed by atoms with E-state index in [9.17, 15) is 14.9 Å². The Kier molecular flexibility index (Phi) is 6.03. The van der Waals surface area contributed by atoms with E-state index in [4.69, 9.17) is 18.7 Å². The summed E-state index contributed by atoms with van der Waals surface area (Å²) in [5.74, 6) is 0.123. The lowest BCUT2D eigenvalue weighted by Gasteiger charge is -2.07. The number of aryl methyl sites for hydroxylation is 1. The van der Waals surface area contributed by atoms with E-state index in [0.29, 0.717) is 5.82 Å². The molecule has 0 saturated carbocycles. The smallest absolute Gasteiger partial charge is 0.344 e. The van der Waals surface area contributed by atoms with E-state index < -0.39 is 17.5 Å². The summed E-state index contributed by atoms with van der Waals surface area (Å²) >= 11 is 0. The van der Waals surface area contributed by atoms with Crippen LogP contribution < -0.4 is 9.47 Å². The molecule has 0 spiro atoms. The van der Waals surface area contributed by atoms with Crippen molar-refractivity contribution in [2.45, 2.75) is 13.5 Å². The highest BCUT2D eigenvalue weighted by atomic mass is 16.6. The lowest BCUT2D eigenvalue weighted by Crippen LogP contribution is -2.15. The topological polar surface area (TPSA) is 127 Å². The van der Waals surface area contributed by atoms with Crippen LogP contribution in [-0.2, 0) is 16.1 Å². The molecule has 0 fully saturated rings. The van der Waals surface area contributed by atoms with Crippen LogP contribution in [0.5, 0.6) is 11.5 Å². The third kappa shape index (κ3) is 5.06. The lowest BCUT2D eigenvalue weighted by atomic mass is 10.1. The van der Waals surface area contributed by atoms with Crippen molar-refractivity contribution in [1.82, 2.24) is 10.1 Å². The van der Waals surface area contributed by atoms with Gasteiger partial charge in [0.05, 0.1) is 12.0 Å². The number of nitro groups is 1. The summed E-state index contributed by atoms with van der Waals surface area (Å²) in [4.78, 5) is 26.3. The Morgan fingerprint density at radius 1 is 1.24 bits per heavy atom. The molecule has 0 atom stereocenters.